The minimum atomic E-state index is -4.69. The molecule has 1 aromatic heterocycles. The molecule has 1 aliphatic rings. The topological polar surface area (TPSA) is 61.6 Å². The van der Waals surface area contributed by atoms with Crippen LogP contribution in [-0.2, 0) is 11.0 Å². The van der Waals surface area contributed by atoms with Crippen LogP contribution in [0.3, 0.4) is 0 Å². The molecule has 1 unspecified atom stereocenters. The number of aromatic hydroxyl groups is 1. The molecule has 1 aromatic carbocycles. The maximum atomic E-state index is 13.0. The molecule has 0 spiro atoms. The van der Waals surface area contributed by atoms with Gasteiger partial charge in [-0.15, -0.1) is 0 Å². The summed E-state index contributed by atoms with van der Waals surface area (Å²) < 4.78 is 40.1. The Balaban J connectivity index is 1.78. The summed E-state index contributed by atoms with van der Waals surface area (Å²) >= 11 is 5.79. The Hall–Kier alpha value is -2.26. The van der Waals surface area contributed by atoms with Crippen molar-refractivity contribution >= 4 is 23.6 Å². The molecule has 0 aliphatic carbocycles. The van der Waals surface area contributed by atoms with E-state index in [1.165, 1.54) is 6.92 Å². The number of piperazine rings is 1. The maximum Gasteiger partial charge on any atom is 0.436 e. The maximum absolute atomic E-state index is 13.0. The number of phenols is 1. The molecule has 0 saturated carbocycles. The van der Waals surface area contributed by atoms with Gasteiger partial charge in [0.25, 0.3) is 0 Å². The molecule has 1 atom stereocenters. The second-order valence-electron chi connectivity index (χ2n) is 6.28. The van der Waals surface area contributed by atoms with Gasteiger partial charge in [0.05, 0.1) is 10.7 Å². The summed E-state index contributed by atoms with van der Waals surface area (Å²) in [6, 6.07) is 6.81. The second kappa shape index (κ2) is 7.40. The molecule has 10 heteroatoms. The van der Waals surface area contributed by atoms with Crippen LogP contribution in [-0.4, -0.2) is 52.3 Å². The highest BCUT2D eigenvalue weighted by Gasteiger charge is 2.39. The summed E-state index contributed by atoms with van der Waals surface area (Å²) in [5.41, 5.74) is -0.251. The predicted octanol–water partition coefficient (Wildman–Crippen LogP) is 3.09. The number of nitrogens with zero attached hydrogens (tertiary/aromatic N) is 4. The summed E-state index contributed by atoms with van der Waals surface area (Å²) in [5, 5.41) is 12.7. The van der Waals surface area contributed by atoms with Crippen LogP contribution in [0.1, 0.15) is 17.6 Å². The van der Waals surface area contributed by atoms with Crippen LogP contribution < -0.4 is 4.90 Å². The van der Waals surface area contributed by atoms with Crippen molar-refractivity contribution in [2.75, 3.05) is 31.1 Å². The molecular weight excluding hydrogens is 385 g/mol. The third-order valence-corrected chi connectivity index (χ3v) is 5.05. The van der Waals surface area contributed by atoms with Crippen molar-refractivity contribution in [1.82, 2.24) is 14.7 Å². The summed E-state index contributed by atoms with van der Waals surface area (Å²) in [4.78, 5) is 15.4. The smallest absolute Gasteiger partial charge is 0.436 e. The Morgan fingerprint density at radius 3 is 2.44 bits per heavy atom. The van der Waals surface area contributed by atoms with E-state index in [1.807, 2.05) is 11.0 Å². The molecular formula is C17H18ClF3N4O2. The monoisotopic (exact) mass is 402 g/mol. The van der Waals surface area contributed by atoms with Gasteiger partial charge in [-0.05, 0) is 19.1 Å². The van der Waals surface area contributed by atoms with Crippen LogP contribution in [0.2, 0.25) is 5.02 Å². The van der Waals surface area contributed by atoms with Crippen molar-refractivity contribution in [2.45, 2.75) is 19.3 Å². The van der Waals surface area contributed by atoms with Gasteiger partial charge in [0.1, 0.15) is 5.75 Å². The fraction of sp³-hybridized carbons (Fsp3) is 0.412. The van der Waals surface area contributed by atoms with Crippen LogP contribution in [0.4, 0.5) is 18.9 Å². The SMILES string of the molecule is Cc1c(Cl)c(C(F)(F)F)nn1C(C=O)N1CCN(c2cccc(O)c2)CC1. The molecule has 1 saturated heterocycles. The molecule has 1 aliphatic heterocycles. The van der Waals surface area contributed by atoms with Gasteiger partial charge in [-0.3, -0.25) is 9.69 Å². The van der Waals surface area contributed by atoms with Gasteiger partial charge < -0.3 is 10.0 Å². The molecule has 0 radical (unpaired) electrons. The van der Waals surface area contributed by atoms with E-state index < -0.39 is 23.1 Å². The van der Waals surface area contributed by atoms with Crippen LogP contribution in [0.15, 0.2) is 24.3 Å². The fourth-order valence-corrected chi connectivity index (χ4v) is 3.40. The number of carbonyl (C=O) groups is 1. The van der Waals surface area contributed by atoms with Crippen LogP contribution in [0, 0.1) is 6.92 Å². The molecule has 0 amide bonds. The Bertz CT molecular complexity index is 832. The Labute approximate surface area is 158 Å². The third-order valence-electron chi connectivity index (χ3n) is 4.60. The van der Waals surface area contributed by atoms with E-state index in [9.17, 15) is 23.1 Å². The van der Waals surface area contributed by atoms with Gasteiger partial charge in [-0.1, -0.05) is 17.7 Å². The van der Waals surface area contributed by atoms with Crippen molar-refractivity contribution in [3.63, 3.8) is 0 Å². The molecule has 1 fully saturated rings. The van der Waals surface area contributed by atoms with E-state index in [-0.39, 0.29) is 11.4 Å². The van der Waals surface area contributed by atoms with Crippen molar-refractivity contribution in [2.24, 2.45) is 0 Å². The number of rotatable bonds is 4. The number of halogens is 4. The summed E-state index contributed by atoms with van der Waals surface area (Å²) in [6.07, 6.45) is -5.08. The van der Waals surface area contributed by atoms with Crippen molar-refractivity contribution in [3.8, 4) is 5.75 Å². The molecule has 2 heterocycles. The number of hydrogen-bond acceptors (Lipinski definition) is 5. The number of alkyl halides is 3. The first kappa shape index (κ1) is 19.5. The van der Waals surface area contributed by atoms with Crippen molar-refractivity contribution in [1.29, 1.82) is 0 Å². The van der Waals surface area contributed by atoms with Gasteiger partial charge in [-0.2, -0.15) is 18.3 Å². The standard InChI is InChI=1S/C17H18ClF3N4O2/c1-11-15(18)16(17(19,20)21)22-25(11)14(10-26)24-7-5-23(6-8-24)12-3-2-4-13(27)9-12/h2-4,9-10,14,27H,5-8H2,1H3. The lowest BCUT2D eigenvalue weighted by atomic mass is 10.2. The molecule has 0 bridgehead atoms. The van der Waals surface area contributed by atoms with E-state index in [0.29, 0.717) is 32.5 Å². The van der Waals surface area contributed by atoms with Gasteiger partial charge in [0.2, 0.25) is 0 Å². The number of carbonyl (C=O) groups excluding carboxylic acids is 1. The number of hydrogen-bond donors (Lipinski definition) is 1. The number of anilines is 1. The number of phenolic OH excluding ortho intramolecular Hbond substituents is 1. The van der Waals surface area contributed by atoms with Gasteiger partial charge in [-0.25, -0.2) is 4.68 Å². The predicted molar refractivity (Wildman–Crippen MR) is 94.0 cm³/mol. The first-order chi connectivity index (χ1) is 12.7. The van der Waals surface area contributed by atoms with Crippen molar-refractivity contribution in [3.05, 3.63) is 40.7 Å². The minimum Gasteiger partial charge on any atom is -0.508 e. The molecule has 3 rings (SSSR count). The highest BCUT2D eigenvalue weighted by atomic mass is 35.5. The lowest BCUT2D eigenvalue weighted by Crippen LogP contribution is -2.49. The highest BCUT2D eigenvalue weighted by Crippen LogP contribution is 2.36. The van der Waals surface area contributed by atoms with E-state index in [2.05, 4.69) is 5.10 Å². The van der Waals surface area contributed by atoms with Crippen molar-refractivity contribution < 1.29 is 23.1 Å². The highest BCUT2D eigenvalue weighted by molar-refractivity contribution is 6.32. The van der Waals surface area contributed by atoms with Crippen LogP contribution >= 0.6 is 11.6 Å². The van der Waals surface area contributed by atoms with Gasteiger partial charge in [0.15, 0.2) is 18.1 Å². The Kier molecular flexibility index (Phi) is 5.34. The lowest BCUT2D eigenvalue weighted by Gasteiger charge is -2.38. The number of aromatic nitrogens is 2. The van der Waals surface area contributed by atoms with Crippen LogP contribution in [0.5, 0.6) is 5.75 Å². The zero-order valence-corrected chi connectivity index (χ0v) is 15.2. The fourth-order valence-electron chi connectivity index (χ4n) is 3.17. The second-order valence-corrected chi connectivity index (χ2v) is 6.66. The van der Waals surface area contributed by atoms with E-state index in [0.717, 1.165) is 10.4 Å². The number of aldehydes is 1. The minimum absolute atomic E-state index is 0.0940. The Morgan fingerprint density at radius 1 is 1.26 bits per heavy atom. The van der Waals surface area contributed by atoms with E-state index >= 15 is 0 Å². The summed E-state index contributed by atoms with van der Waals surface area (Å²) in [5.74, 6) is 0.155. The average Bonchev–Trinajstić information content (AvgIpc) is 2.92. The average molecular weight is 403 g/mol. The normalized spacial score (nSPS) is 17.1. The quantitative estimate of drug-likeness (QED) is 0.796. The first-order valence-corrected chi connectivity index (χ1v) is 8.65. The summed E-state index contributed by atoms with van der Waals surface area (Å²) in [7, 11) is 0. The van der Waals surface area contributed by atoms with Crippen LogP contribution in [0.25, 0.3) is 0 Å². The molecule has 146 valence electrons. The largest absolute Gasteiger partial charge is 0.508 e. The van der Waals surface area contributed by atoms with E-state index in [1.54, 1.807) is 23.1 Å². The number of benzene rings is 1. The first-order valence-electron chi connectivity index (χ1n) is 8.27. The molecule has 27 heavy (non-hydrogen) atoms. The zero-order valence-electron chi connectivity index (χ0n) is 14.4. The van der Waals surface area contributed by atoms with Gasteiger partial charge in [0, 0.05) is 37.9 Å². The lowest BCUT2D eigenvalue weighted by molar-refractivity contribution is -0.142. The third kappa shape index (κ3) is 3.89. The van der Waals surface area contributed by atoms with Gasteiger partial charge >= 0.3 is 6.18 Å². The molecule has 6 nitrogen and oxygen atoms in total. The summed E-state index contributed by atoms with van der Waals surface area (Å²) in [6.45, 7) is 3.39. The molecule has 1 N–H and O–H groups in total. The van der Waals surface area contributed by atoms with E-state index in [4.69, 9.17) is 11.6 Å². The zero-order chi connectivity index (χ0) is 19.8. The molecule has 2 aromatic rings. The Morgan fingerprint density at radius 2 is 1.93 bits per heavy atom.